The van der Waals surface area contributed by atoms with Gasteiger partial charge in [-0.05, 0) is 30.7 Å². The number of nitrogens with one attached hydrogen (secondary N) is 1. The van der Waals surface area contributed by atoms with Gasteiger partial charge in [-0.25, -0.2) is 8.42 Å². The Morgan fingerprint density at radius 1 is 1.07 bits per heavy atom. The van der Waals surface area contributed by atoms with Crippen LogP contribution in [0.15, 0.2) is 53.4 Å². The Kier molecular flexibility index (Phi) is 7.06. The van der Waals surface area contributed by atoms with Crippen molar-refractivity contribution in [3.63, 3.8) is 0 Å². The topological polar surface area (TPSA) is 84.9 Å². The van der Waals surface area contributed by atoms with Crippen LogP contribution in [-0.2, 0) is 14.8 Å². The van der Waals surface area contributed by atoms with Crippen LogP contribution in [0.5, 0.6) is 11.5 Å². The summed E-state index contributed by atoms with van der Waals surface area (Å²) in [7, 11) is -1.07. The minimum absolute atomic E-state index is 0.0816. The number of methoxy groups -OCH3 is 2. The number of carbonyl (C=O) groups is 1. The lowest BCUT2D eigenvalue weighted by atomic mass is 10.2. The smallest absolute Gasteiger partial charge is 0.264 e. The second-order valence-corrected chi connectivity index (χ2v) is 7.57. The number of hydrogen-bond acceptors (Lipinski definition) is 5. The zero-order chi connectivity index (χ0) is 19.9. The molecule has 0 aliphatic heterocycles. The van der Waals surface area contributed by atoms with E-state index < -0.39 is 15.9 Å². The number of carbonyl (C=O) groups excluding carboxylic acids is 1. The third kappa shape index (κ3) is 4.91. The van der Waals surface area contributed by atoms with E-state index in [4.69, 9.17) is 9.47 Å². The summed E-state index contributed by atoms with van der Waals surface area (Å²) in [6, 6.07) is 12.8. The summed E-state index contributed by atoms with van der Waals surface area (Å²) in [5, 5.41) is 2.71. The highest BCUT2D eigenvalue weighted by Gasteiger charge is 2.29. The normalized spacial score (nSPS) is 10.9. The van der Waals surface area contributed by atoms with Crippen molar-refractivity contribution in [1.82, 2.24) is 5.32 Å². The minimum Gasteiger partial charge on any atom is -0.497 e. The van der Waals surface area contributed by atoms with E-state index in [9.17, 15) is 13.2 Å². The largest absolute Gasteiger partial charge is 0.497 e. The molecule has 146 valence electrons. The van der Waals surface area contributed by atoms with E-state index in [0.29, 0.717) is 18.0 Å². The van der Waals surface area contributed by atoms with Gasteiger partial charge in [0.2, 0.25) is 5.91 Å². The Balaban J connectivity index is 2.55. The molecule has 0 atom stereocenters. The first-order valence-electron chi connectivity index (χ1n) is 8.50. The number of benzene rings is 2. The minimum atomic E-state index is -3.99. The Hall–Kier alpha value is -2.74. The predicted molar refractivity (Wildman–Crippen MR) is 104 cm³/mol. The van der Waals surface area contributed by atoms with E-state index in [0.717, 1.165) is 10.7 Å². The van der Waals surface area contributed by atoms with Gasteiger partial charge in [0.05, 0.1) is 24.8 Å². The molecule has 0 bridgehead atoms. The van der Waals surface area contributed by atoms with Gasteiger partial charge in [-0.2, -0.15) is 0 Å². The molecule has 0 aliphatic carbocycles. The van der Waals surface area contributed by atoms with Crippen molar-refractivity contribution in [1.29, 1.82) is 0 Å². The van der Waals surface area contributed by atoms with Crippen molar-refractivity contribution in [2.24, 2.45) is 0 Å². The van der Waals surface area contributed by atoms with Crippen molar-refractivity contribution in [2.45, 2.75) is 18.2 Å². The van der Waals surface area contributed by atoms with Gasteiger partial charge < -0.3 is 14.8 Å². The molecule has 1 amide bonds. The molecule has 0 saturated heterocycles. The molecular formula is C19H24N2O5S. The average Bonchev–Trinajstić information content (AvgIpc) is 2.70. The fourth-order valence-corrected chi connectivity index (χ4v) is 3.91. The molecule has 1 N–H and O–H groups in total. The zero-order valence-corrected chi connectivity index (χ0v) is 16.5. The molecule has 0 aromatic heterocycles. The Morgan fingerprint density at radius 2 is 1.78 bits per heavy atom. The summed E-state index contributed by atoms with van der Waals surface area (Å²) in [6.07, 6.45) is 0.750. The van der Waals surface area contributed by atoms with E-state index in [-0.39, 0.29) is 17.1 Å². The average molecular weight is 392 g/mol. The number of sulfonamides is 1. The van der Waals surface area contributed by atoms with E-state index in [2.05, 4.69) is 5.32 Å². The SMILES string of the molecule is CCCNC(=O)CN(c1cc(OC)ccc1OC)S(=O)(=O)c1ccccc1. The first kappa shape index (κ1) is 20.6. The first-order chi connectivity index (χ1) is 12.9. The van der Waals surface area contributed by atoms with Gasteiger partial charge in [-0.3, -0.25) is 9.10 Å². The highest BCUT2D eigenvalue weighted by molar-refractivity contribution is 7.92. The standard InChI is InChI=1S/C19H24N2O5S/c1-4-12-20-19(22)14-21(27(23,24)16-8-6-5-7-9-16)17-13-15(25-2)10-11-18(17)26-3/h5-11,13H,4,12,14H2,1-3H3,(H,20,22). The molecule has 7 nitrogen and oxygen atoms in total. The number of anilines is 1. The van der Waals surface area contributed by atoms with Crippen LogP contribution in [0.1, 0.15) is 13.3 Å². The van der Waals surface area contributed by atoms with Gasteiger partial charge in [0.1, 0.15) is 18.0 Å². The summed E-state index contributed by atoms with van der Waals surface area (Å²) >= 11 is 0. The molecule has 2 aromatic rings. The van der Waals surface area contributed by atoms with Crippen LogP contribution in [-0.4, -0.2) is 41.6 Å². The maximum absolute atomic E-state index is 13.3. The monoisotopic (exact) mass is 392 g/mol. The van der Waals surface area contributed by atoms with Crippen LogP contribution >= 0.6 is 0 Å². The second kappa shape index (κ2) is 9.27. The van der Waals surface area contributed by atoms with Crippen LogP contribution in [0.25, 0.3) is 0 Å². The summed E-state index contributed by atoms with van der Waals surface area (Å²) in [5.74, 6) is 0.368. The number of hydrogen-bond donors (Lipinski definition) is 1. The molecule has 0 aliphatic rings. The fraction of sp³-hybridized carbons (Fsp3) is 0.316. The summed E-state index contributed by atoms with van der Waals surface area (Å²) in [6.45, 7) is 2.01. The third-order valence-electron chi connectivity index (χ3n) is 3.85. The molecule has 0 spiro atoms. The third-order valence-corrected chi connectivity index (χ3v) is 5.62. The molecule has 0 unspecified atom stereocenters. The summed E-state index contributed by atoms with van der Waals surface area (Å²) in [4.78, 5) is 12.4. The van der Waals surface area contributed by atoms with E-state index >= 15 is 0 Å². The molecule has 8 heteroatoms. The van der Waals surface area contributed by atoms with Gasteiger partial charge in [0, 0.05) is 12.6 Å². The number of rotatable bonds is 9. The van der Waals surface area contributed by atoms with Crippen LogP contribution in [0, 0.1) is 0 Å². The molecule has 2 aromatic carbocycles. The Labute approximate surface area is 160 Å². The van der Waals surface area contributed by atoms with Crippen molar-refractivity contribution in [3.8, 4) is 11.5 Å². The lowest BCUT2D eigenvalue weighted by Gasteiger charge is -2.26. The highest BCUT2D eigenvalue weighted by atomic mass is 32.2. The van der Waals surface area contributed by atoms with E-state index in [1.807, 2.05) is 6.92 Å². The molecule has 2 rings (SSSR count). The molecule has 0 heterocycles. The second-order valence-electron chi connectivity index (χ2n) is 5.71. The zero-order valence-electron chi connectivity index (χ0n) is 15.6. The van der Waals surface area contributed by atoms with Crippen molar-refractivity contribution < 1.29 is 22.7 Å². The van der Waals surface area contributed by atoms with Crippen molar-refractivity contribution in [3.05, 3.63) is 48.5 Å². The number of nitrogens with zero attached hydrogens (tertiary/aromatic N) is 1. The Bertz CT molecular complexity index is 869. The van der Waals surface area contributed by atoms with Crippen LogP contribution in [0.4, 0.5) is 5.69 Å². The maximum Gasteiger partial charge on any atom is 0.264 e. The Morgan fingerprint density at radius 3 is 2.37 bits per heavy atom. The maximum atomic E-state index is 13.3. The molecule has 0 radical (unpaired) electrons. The van der Waals surface area contributed by atoms with Gasteiger partial charge in [-0.1, -0.05) is 25.1 Å². The van der Waals surface area contributed by atoms with Crippen LogP contribution in [0.3, 0.4) is 0 Å². The van der Waals surface area contributed by atoms with Gasteiger partial charge >= 0.3 is 0 Å². The van der Waals surface area contributed by atoms with Crippen molar-refractivity contribution >= 4 is 21.6 Å². The predicted octanol–water partition coefficient (Wildman–Crippen LogP) is 2.43. The van der Waals surface area contributed by atoms with Crippen LogP contribution < -0.4 is 19.1 Å². The van der Waals surface area contributed by atoms with Crippen LogP contribution in [0.2, 0.25) is 0 Å². The molecule has 0 saturated carbocycles. The van der Waals surface area contributed by atoms with Gasteiger partial charge in [0.25, 0.3) is 10.0 Å². The lowest BCUT2D eigenvalue weighted by molar-refractivity contribution is -0.119. The molecular weight excluding hydrogens is 368 g/mol. The van der Waals surface area contributed by atoms with Gasteiger partial charge in [-0.15, -0.1) is 0 Å². The molecule has 0 fully saturated rings. The van der Waals surface area contributed by atoms with E-state index in [1.54, 1.807) is 30.3 Å². The number of amides is 1. The summed E-state index contributed by atoms with van der Waals surface area (Å²) in [5.41, 5.74) is 0.229. The van der Waals surface area contributed by atoms with Gasteiger partial charge in [0.15, 0.2) is 0 Å². The first-order valence-corrected chi connectivity index (χ1v) is 9.94. The quantitative estimate of drug-likeness (QED) is 0.708. The summed E-state index contributed by atoms with van der Waals surface area (Å²) < 4.78 is 38.1. The highest BCUT2D eigenvalue weighted by Crippen LogP contribution is 2.35. The van der Waals surface area contributed by atoms with E-state index in [1.165, 1.54) is 32.4 Å². The lowest BCUT2D eigenvalue weighted by Crippen LogP contribution is -2.41. The number of ether oxygens (including phenoxy) is 2. The van der Waals surface area contributed by atoms with Crippen molar-refractivity contribution in [2.75, 3.05) is 31.6 Å². The molecule has 27 heavy (non-hydrogen) atoms. The fourth-order valence-electron chi connectivity index (χ4n) is 2.46.